The second-order valence-corrected chi connectivity index (χ2v) is 34.6. The summed E-state index contributed by atoms with van der Waals surface area (Å²) in [5.74, 6) is 0. The Balaban J connectivity index is 1.31. The molecule has 10 heterocycles. The third-order valence-electron chi connectivity index (χ3n) is 15.7. The molecule has 3 heteroatoms. The maximum atomic E-state index is 8.87. The van der Waals surface area contributed by atoms with Gasteiger partial charge in [-0.1, -0.05) is 0 Å². The SMILES string of the molecule is OCCCOC[C]12[CH]3[CH]4[CH]5[CH]1[Fe]45321678[CH]2[CH]1[CH]6[CH]7[CH]28. The van der Waals surface area contributed by atoms with Gasteiger partial charge in [0.15, 0.2) is 0 Å². The molecule has 4 atom stereocenters. The number of hydrogen-bond acceptors (Lipinski definition) is 2. The van der Waals surface area contributed by atoms with E-state index in [1.807, 2.05) is 0 Å². The monoisotopic (exact) mass is 274 g/mol. The van der Waals surface area contributed by atoms with E-state index in [-0.39, 0.29) is 0 Å². The number of aliphatic hydroxyl groups excluding tert-OH is 1. The zero-order valence-electron chi connectivity index (χ0n) is 9.73. The van der Waals surface area contributed by atoms with Crippen LogP contribution in [0.25, 0.3) is 0 Å². The minimum absolute atomic E-state index is 0.306. The molecule has 17 heavy (non-hydrogen) atoms. The fourth-order valence-corrected chi connectivity index (χ4v) is 92.0. The van der Waals surface area contributed by atoms with Gasteiger partial charge in [0.05, 0.1) is 0 Å². The van der Waals surface area contributed by atoms with E-state index in [9.17, 15) is 0 Å². The Bertz CT molecular complexity index is 837. The van der Waals surface area contributed by atoms with Crippen molar-refractivity contribution in [3.63, 3.8) is 0 Å². The summed E-state index contributed by atoms with van der Waals surface area (Å²) in [7, 11) is 0. The number of rotatable bonds is 5. The standard InChI is InChI=1S/C9H13O2.C5H5.Fe/c10-6-3-7-11-8-9-4-1-2-5-9;1-2-4-5-3-1;/h1-2,4-5,10H,3,6-8H2;1-5H;. The van der Waals surface area contributed by atoms with E-state index in [2.05, 4.69) is 0 Å². The van der Waals surface area contributed by atoms with E-state index in [0.29, 0.717) is 6.61 Å². The van der Waals surface area contributed by atoms with Gasteiger partial charge in [0.25, 0.3) is 0 Å². The zero-order chi connectivity index (χ0) is 10.5. The van der Waals surface area contributed by atoms with Crippen LogP contribution >= 0.6 is 0 Å². The van der Waals surface area contributed by atoms with Crippen LogP contribution in [-0.2, 0) is 11.2 Å². The van der Waals surface area contributed by atoms with Crippen molar-refractivity contribution in [3.05, 3.63) is 0 Å². The first-order chi connectivity index (χ1) is 8.11. The van der Waals surface area contributed by atoms with E-state index >= 15 is 0 Å². The molecule has 0 amide bonds. The second-order valence-electron chi connectivity index (χ2n) is 11.0. The molecular weight excluding hydrogens is 256 g/mol. The molecule has 0 aromatic heterocycles. The van der Waals surface area contributed by atoms with Gasteiger partial charge < -0.3 is 0 Å². The molecule has 0 radical (unpaired) electrons. The Hall–Kier alpha value is 0.439. The van der Waals surface area contributed by atoms with Crippen molar-refractivity contribution < 1.29 is 16.4 Å². The van der Waals surface area contributed by atoms with E-state index in [1.165, 1.54) is 50.0 Å². The summed E-state index contributed by atoms with van der Waals surface area (Å²) < 4.78 is 7.01. The Morgan fingerprint density at radius 2 is 1.53 bits per heavy atom. The fourth-order valence-electron chi connectivity index (χ4n) is 17.4. The molecule has 0 bridgehead atoms. The van der Waals surface area contributed by atoms with Crippen molar-refractivity contribution in [1.29, 1.82) is 0 Å². The predicted octanol–water partition coefficient (Wildman–Crippen LogP) is 3.14. The molecule has 0 aromatic rings. The quantitative estimate of drug-likeness (QED) is 0.616. The fraction of sp³-hybridized carbons (Fsp3) is 1.00. The summed E-state index contributed by atoms with van der Waals surface area (Å²) >= 11 is 0. The minimum atomic E-state index is -2.79. The van der Waals surface area contributed by atoms with Gasteiger partial charge in [-0.25, -0.2) is 0 Å². The van der Waals surface area contributed by atoms with Crippen LogP contribution in [0.2, 0.25) is 47.7 Å². The molecule has 0 aromatic carbocycles. The van der Waals surface area contributed by atoms with Gasteiger partial charge in [-0.05, 0) is 0 Å². The summed E-state index contributed by atoms with van der Waals surface area (Å²) in [6.07, 6.45) is 0.854. The third-order valence-corrected chi connectivity index (χ3v) is 58.7. The second kappa shape index (κ2) is 0.563. The average molecular weight is 274 g/mol. The van der Waals surface area contributed by atoms with E-state index in [1.54, 1.807) is 0 Å². The van der Waals surface area contributed by atoms with Gasteiger partial charge in [0.1, 0.15) is 0 Å². The summed E-state index contributed by atoms with van der Waals surface area (Å²) in [5.41, 5.74) is 0. The third kappa shape index (κ3) is 0.0705. The van der Waals surface area contributed by atoms with Crippen molar-refractivity contribution >= 4 is 0 Å². The molecule has 10 saturated heterocycles. The molecule has 2 nitrogen and oxygen atoms in total. The summed E-state index contributed by atoms with van der Waals surface area (Å²) in [6.45, 7) is -0.475. The summed E-state index contributed by atoms with van der Waals surface area (Å²) in [4.78, 5) is 12.8. The number of hydrogen-bond donors (Lipinski definition) is 1. The van der Waals surface area contributed by atoms with Crippen LogP contribution in [0.15, 0.2) is 0 Å². The van der Waals surface area contributed by atoms with Crippen molar-refractivity contribution in [1.82, 2.24) is 0 Å². The van der Waals surface area contributed by atoms with E-state index in [4.69, 9.17) is 9.84 Å². The first-order valence-electron chi connectivity index (χ1n) is 7.51. The summed E-state index contributed by atoms with van der Waals surface area (Å²) in [6, 6.07) is 0. The Morgan fingerprint density at radius 1 is 0.941 bits per heavy atom. The first-order valence-corrected chi connectivity index (χ1v) is 13.8. The molecule has 0 saturated carbocycles. The molecule has 0 aliphatic carbocycles. The molecule has 1 spiro atoms. The molecule has 94 valence electrons. The van der Waals surface area contributed by atoms with Crippen LogP contribution in [-0.4, -0.2) is 24.9 Å². The van der Waals surface area contributed by atoms with Crippen LogP contribution in [0.5, 0.6) is 0 Å². The normalized spacial score (nSPS) is 119. The molecule has 1 N–H and O–H groups in total. The Kier molecular flexibility index (Phi) is 0.223. The van der Waals surface area contributed by atoms with Crippen molar-refractivity contribution in [2.75, 3.05) is 19.8 Å². The summed E-state index contributed by atoms with van der Waals surface area (Å²) in [5, 5.41) is 8.87. The average Bonchev–Trinajstić information content (AvgIpc) is 3.27. The van der Waals surface area contributed by atoms with Crippen molar-refractivity contribution in [3.8, 4) is 0 Å². The van der Waals surface area contributed by atoms with Gasteiger partial charge in [0, 0.05) is 0 Å². The van der Waals surface area contributed by atoms with Gasteiger partial charge in [-0.15, -0.1) is 0 Å². The van der Waals surface area contributed by atoms with Gasteiger partial charge in [-0.2, -0.15) is 0 Å². The predicted molar refractivity (Wildman–Crippen MR) is 59.0 cm³/mol. The Labute approximate surface area is 90.4 Å². The van der Waals surface area contributed by atoms with Crippen LogP contribution in [0.3, 0.4) is 0 Å². The molecule has 10 aliphatic heterocycles. The van der Waals surface area contributed by atoms with Gasteiger partial charge in [-0.3, -0.25) is 0 Å². The Morgan fingerprint density at radius 3 is 1.88 bits per heavy atom. The number of ether oxygens (including phenoxy) is 1. The van der Waals surface area contributed by atoms with Crippen LogP contribution in [0.1, 0.15) is 6.42 Å². The van der Waals surface area contributed by atoms with Crippen LogP contribution in [0.4, 0.5) is 0 Å². The molecular formula is C14H18FeO2. The maximum absolute atomic E-state index is 8.87. The van der Waals surface area contributed by atoms with E-state index in [0.717, 1.165) is 17.3 Å². The number of fused-ring (bicyclic) bond motifs is 10. The molecule has 10 fully saturated rings. The van der Waals surface area contributed by atoms with Gasteiger partial charge in [0.2, 0.25) is 0 Å². The topological polar surface area (TPSA) is 29.5 Å². The van der Waals surface area contributed by atoms with Crippen molar-refractivity contribution in [2.45, 2.75) is 54.1 Å². The molecule has 10 rings (SSSR count). The first kappa shape index (κ1) is 6.74. The molecule has 10 aliphatic rings. The van der Waals surface area contributed by atoms with Gasteiger partial charge >= 0.3 is 90.3 Å². The van der Waals surface area contributed by atoms with Crippen LogP contribution < -0.4 is 0 Å². The molecule has 4 unspecified atom stereocenters. The van der Waals surface area contributed by atoms with E-state index < -0.39 is 6.51 Å². The van der Waals surface area contributed by atoms with Crippen molar-refractivity contribution in [2.24, 2.45) is 0 Å². The number of aliphatic hydroxyl groups is 1. The van der Waals surface area contributed by atoms with Crippen LogP contribution in [0, 0.1) is 0 Å². The zero-order valence-corrected chi connectivity index (χ0v) is 10.8.